The second-order valence-corrected chi connectivity index (χ2v) is 5.97. The Kier molecular flexibility index (Phi) is 5.48. The summed E-state index contributed by atoms with van der Waals surface area (Å²) in [4.78, 5) is 11.7. The zero-order valence-electron chi connectivity index (χ0n) is 13.1. The fourth-order valence-corrected chi connectivity index (χ4v) is 3.08. The lowest BCUT2D eigenvalue weighted by molar-refractivity contribution is 0.0602. The molecule has 0 amide bonds. The van der Waals surface area contributed by atoms with Crippen molar-refractivity contribution in [3.05, 3.63) is 23.3 Å². The first kappa shape index (κ1) is 15.7. The van der Waals surface area contributed by atoms with E-state index >= 15 is 0 Å². The number of esters is 1. The number of ether oxygens (including phenoxy) is 1. The third kappa shape index (κ3) is 4.13. The lowest BCUT2D eigenvalue weighted by atomic mass is 9.87. The number of anilines is 2. The Morgan fingerprint density at radius 1 is 1.33 bits per heavy atom. The fourth-order valence-electron chi connectivity index (χ4n) is 3.08. The van der Waals surface area contributed by atoms with Crippen LogP contribution in [-0.4, -0.2) is 19.6 Å². The number of hydrogen-bond donors (Lipinski definition) is 2. The predicted molar refractivity (Wildman–Crippen MR) is 86.6 cm³/mol. The van der Waals surface area contributed by atoms with Gasteiger partial charge in [-0.15, -0.1) is 0 Å². The summed E-state index contributed by atoms with van der Waals surface area (Å²) in [6.45, 7) is 2.85. The third-order valence-electron chi connectivity index (χ3n) is 4.40. The summed E-state index contributed by atoms with van der Waals surface area (Å²) in [7, 11) is 1.38. The molecule has 0 bridgehead atoms. The van der Waals surface area contributed by atoms with Crippen molar-refractivity contribution in [1.82, 2.24) is 0 Å². The SMILES string of the molecule is COC(=O)c1cc(NCCC2CCCCC2)cc(C)c1N. The minimum atomic E-state index is -0.383. The Labute approximate surface area is 127 Å². The molecule has 1 aromatic rings. The standard InChI is InChI=1S/C17H26N2O2/c1-12-10-14(11-15(16(12)18)17(20)21-2)19-9-8-13-6-4-3-5-7-13/h10-11,13,19H,3-9,18H2,1-2H3. The molecule has 3 N–H and O–H groups in total. The summed E-state index contributed by atoms with van der Waals surface area (Å²) >= 11 is 0. The maximum Gasteiger partial charge on any atom is 0.340 e. The molecule has 0 unspecified atom stereocenters. The molecule has 0 saturated heterocycles. The van der Waals surface area contributed by atoms with Crippen LogP contribution < -0.4 is 11.1 Å². The quantitative estimate of drug-likeness (QED) is 0.640. The molecule has 0 atom stereocenters. The summed E-state index contributed by atoms with van der Waals surface area (Å²) < 4.78 is 4.78. The van der Waals surface area contributed by atoms with Crippen molar-refractivity contribution in [1.29, 1.82) is 0 Å². The highest BCUT2D eigenvalue weighted by molar-refractivity contribution is 5.97. The third-order valence-corrected chi connectivity index (χ3v) is 4.40. The van der Waals surface area contributed by atoms with Gasteiger partial charge >= 0.3 is 5.97 Å². The van der Waals surface area contributed by atoms with Crippen molar-refractivity contribution in [3.63, 3.8) is 0 Å². The predicted octanol–water partition coefficient (Wildman–Crippen LogP) is 3.75. The summed E-state index contributed by atoms with van der Waals surface area (Å²) in [5.74, 6) is 0.465. The van der Waals surface area contributed by atoms with Gasteiger partial charge in [-0.3, -0.25) is 0 Å². The van der Waals surface area contributed by atoms with E-state index in [0.29, 0.717) is 11.3 Å². The molecule has 4 nitrogen and oxygen atoms in total. The maximum absolute atomic E-state index is 11.7. The monoisotopic (exact) mass is 290 g/mol. The molecule has 0 heterocycles. The van der Waals surface area contributed by atoms with E-state index in [2.05, 4.69) is 5.32 Å². The van der Waals surface area contributed by atoms with Crippen molar-refractivity contribution in [2.45, 2.75) is 45.4 Å². The first-order chi connectivity index (χ1) is 10.1. The van der Waals surface area contributed by atoms with Gasteiger partial charge in [0, 0.05) is 17.9 Å². The number of carbonyl (C=O) groups excluding carboxylic acids is 1. The minimum absolute atomic E-state index is 0.383. The van der Waals surface area contributed by atoms with Crippen LogP contribution in [0.2, 0.25) is 0 Å². The van der Waals surface area contributed by atoms with Crippen LogP contribution in [0.15, 0.2) is 12.1 Å². The van der Waals surface area contributed by atoms with E-state index in [1.807, 2.05) is 13.0 Å². The Morgan fingerprint density at radius 2 is 2.05 bits per heavy atom. The van der Waals surface area contributed by atoms with Gasteiger partial charge in [0.25, 0.3) is 0 Å². The molecule has 1 fully saturated rings. The van der Waals surface area contributed by atoms with E-state index in [1.54, 1.807) is 6.07 Å². The first-order valence-electron chi connectivity index (χ1n) is 7.84. The molecule has 116 valence electrons. The van der Waals surface area contributed by atoms with Gasteiger partial charge in [-0.25, -0.2) is 4.79 Å². The molecule has 1 aromatic carbocycles. The van der Waals surface area contributed by atoms with Gasteiger partial charge in [0.2, 0.25) is 0 Å². The lowest BCUT2D eigenvalue weighted by Crippen LogP contribution is -2.13. The number of nitrogens with one attached hydrogen (secondary N) is 1. The lowest BCUT2D eigenvalue weighted by Gasteiger charge is -2.22. The van der Waals surface area contributed by atoms with Crippen molar-refractivity contribution in [3.8, 4) is 0 Å². The maximum atomic E-state index is 11.7. The molecule has 1 aliphatic rings. The van der Waals surface area contributed by atoms with Gasteiger partial charge in [-0.05, 0) is 37.0 Å². The molecule has 0 radical (unpaired) electrons. The molecule has 2 rings (SSSR count). The Morgan fingerprint density at radius 3 is 2.71 bits per heavy atom. The van der Waals surface area contributed by atoms with Crippen LogP contribution in [0.5, 0.6) is 0 Å². The summed E-state index contributed by atoms with van der Waals surface area (Å²) in [5, 5.41) is 3.42. The highest BCUT2D eigenvalue weighted by atomic mass is 16.5. The van der Waals surface area contributed by atoms with Crippen molar-refractivity contribution in [2.24, 2.45) is 5.92 Å². The van der Waals surface area contributed by atoms with Crippen molar-refractivity contribution >= 4 is 17.3 Å². The van der Waals surface area contributed by atoms with E-state index in [4.69, 9.17) is 10.5 Å². The zero-order valence-corrected chi connectivity index (χ0v) is 13.1. The number of aryl methyl sites for hydroxylation is 1. The van der Waals surface area contributed by atoms with E-state index in [-0.39, 0.29) is 5.97 Å². The van der Waals surface area contributed by atoms with E-state index in [1.165, 1.54) is 45.6 Å². The molecule has 1 saturated carbocycles. The molecule has 4 heteroatoms. The van der Waals surface area contributed by atoms with Gasteiger partial charge in [-0.2, -0.15) is 0 Å². The van der Waals surface area contributed by atoms with Gasteiger partial charge in [0.05, 0.1) is 12.7 Å². The molecule has 0 spiro atoms. The summed E-state index contributed by atoms with van der Waals surface area (Å²) in [5.41, 5.74) is 8.73. The average molecular weight is 290 g/mol. The van der Waals surface area contributed by atoms with Crippen LogP contribution in [-0.2, 0) is 4.74 Å². The topological polar surface area (TPSA) is 64.3 Å². The average Bonchev–Trinajstić information content (AvgIpc) is 2.51. The molecule has 1 aliphatic carbocycles. The fraction of sp³-hybridized carbons (Fsp3) is 0.588. The minimum Gasteiger partial charge on any atom is -0.465 e. The highest BCUT2D eigenvalue weighted by Crippen LogP contribution is 2.27. The largest absolute Gasteiger partial charge is 0.465 e. The number of nitrogen functional groups attached to an aromatic ring is 1. The van der Waals surface area contributed by atoms with Crippen LogP contribution >= 0.6 is 0 Å². The summed E-state index contributed by atoms with van der Waals surface area (Å²) in [6, 6.07) is 3.78. The van der Waals surface area contributed by atoms with Crippen LogP contribution in [0.25, 0.3) is 0 Å². The van der Waals surface area contributed by atoms with Gasteiger partial charge in [0.1, 0.15) is 0 Å². The van der Waals surface area contributed by atoms with Crippen LogP contribution in [0, 0.1) is 12.8 Å². The number of carbonyl (C=O) groups is 1. The second-order valence-electron chi connectivity index (χ2n) is 5.97. The molecule has 0 aliphatic heterocycles. The highest BCUT2D eigenvalue weighted by Gasteiger charge is 2.15. The number of rotatable bonds is 5. The van der Waals surface area contributed by atoms with E-state index < -0.39 is 0 Å². The van der Waals surface area contributed by atoms with Crippen LogP contribution in [0.1, 0.15) is 54.4 Å². The Hall–Kier alpha value is -1.71. The van der Waals surface area contributed by atoms with E-state index in [9.17, 15) is 4.79 Å². The molecular formula is C17H26N2O2. The van der Waals surface area contributed by atoms with Gasteiger partial charge in [0.15, 0.2) is 0 Å². The van der Waals surface area contributed by atoms with Crippen LogP contribution in [0.4, 0.5) is 11.4 Å². The Bertz CT molecular complexity index is 494. The van der Waals surface area contributed by atoms with Crippen molar-refractivity contribution < 1.29 is 9.53 Å². The zero-order chi connectivity index (χ0) is 15.2. The number of benzene rings is 1. The second kappa shape index (κ2) is 7.34. The first-order valence-corrected chi connectivity index (χ1v) is 7.84. The van der Waals surface area contributed by atoms with Crippen molar-refractivity contribution in [2.75, 3.05) is 24.7 Å². The number of hydrogen-bond acceptors (Lipinski definition) is 4. The number of nitrogens with two attached hydrogens (primary N) is 1. The number of methoxy groups -OCH3 is 1. The van der Waals surface area contributed by atoms with Gasteiger partial charge in [-0.1, -0.05) is 32.1 Å². The molecule has 21 heavy (non-hydrogen) atoms. The summed E-state index contributed by atoms with van der Waals surface area (Å²) in [6.07, 6.45) is 8.04. The molecular weight excluding hydrogens is 264 g/mol. The normalized spacial score (nSPS) is 15.7. The molecule has 0 aromatic heterocycles. The van der Waals surface area contributed by atoms with Gasteiger partial charge < -0.3 is 15.8 Å². The van der Waals surface area contributed by atoms with Crippen LogP contribution in [0.3, 0.4) is 0 Å². The van der Waals surface area contributed by atoms with E-state index in [0.717, 1.165) is 23.7 Å². The smallest absolute Gasteiger partial charge is 0.340 e. The Balaban J connectivity index is 1.96.